The maximum Gasteiger partial charge on any atom is 0.0858 e. The molecule has 0 aliphatic carbocycles. The molecule has 1 saturated heterocycles. The topological polar surface area (TPSA) is 24.5 Å². The zero-order chi connectivity index (χ0) is 13.0. The van der Waals surface area contributed by atoms with Gasteiger partial charge in [0.15, 0.2) is 0 Å². The first-order valence-corrected chi connectivity index (χ1v) is 7.20. The van der Waals surface area contributed by atoms with Crippen molar-refractivity contribution in [1.29, 1.82) is 0 Å². The molecule has 3 nitrogen and oxygen atoms in total. The van der Waals surface area contributed by atoms with Crippen LogP contribution in [0.3, 0.4) is 0 Å². The Morgan fingerprint density at radius 2 is 2.17 bits per heavy atom. The minimum atomic E-state index is 0.275. The van der Waals surface area contributed by atoms with Crippen LogP contribution in [0, 0.1) is 0 Å². The molecule has 2 rings (SSSR count). The van der Waals surface area contributed by atoms with Crippen LogP contribution in [0.4, 0.5) is 0 Å². The minimum absolute atomic E-state index is 0.275. The molecule has 1 N–H and O–H groups in total. The molecule has 1 aromatic carbocycles. The predicted octanol–water partition coefficient (Wildman–Crippen LogP) is 1.91. The number of morpholine rings is 1. The zero-order valence-corrected chi connectivity index (χ0v) is 12.6. The lowest BCUT2D eigenvalue weighted by atomic mass is 10.0. The summed E-state index contributed by atoms with van der Waals surface area (Å²) in [5.74, 6) is 0. The Labute approximate surface area is 118 Å². The van der Waals surface area contributed by atoms with Crippen molar-refractivity contribution in [3.63, 3.8) is 0 Å². The Bertz CT molecular complexity index is 369. The minimum Gasteiger partial charge on any atom is -0.374 e. The van der Waals surface area contributed by atoms with Crippen LogP contribution in [0.1, 0.15) is 5.56 Å². The number of hydrogen-bond acceptors (Lipinski definition) is 3. The highest BCUT2D eigenvalue weighted by Gasteiger charge is 2.25. The van der Waals surface area contributed by atoms with Crippen molar-refractivity contribution in [2.45, 2.75) is 18.6 Å². The lowest BCUT2D eigenvalue weighted by Gasteiger charge is -2.35. The van der Waals surface area contributed by atoms with Gasteiger partial charge in [-0.3, -0.25) is 0 Å². The number of likely N-dealkylation sites (N-methyl/N-ethyl adjacent to an activating group) is 2. The molecular weight excluding hydrogens is 292 g/mol. The number of nitrogens with zero attached hydrogens (tertiary/aromatic N) is 1. The van der Waals surface area contributed by atoms with Gasteiger partial charge in [-0.05, 0) is 38.2 Å². The fourth-order valence-electron chi connectivity index (χ4n) is 2.35. The van der Waals surface area contributed by atoms with Gasteiger partial charge in [0.05, 0.1) is 12.7 Å². The van der Waals surface area contributed by atoms with E-state index in [0.717, 1.165) is 30.6 Å². The summed E-state index contributed by atoms with van der Waals surface area (Å²) in [4.78, 5) is 2.33. The van der Waals surface area contributed by atoms with Crippen LogP contribution < -0.4 is 5.32 Å². The van der Waals surface area contributed by atoms with E-state index in [-0.39, 0.29) is 6.10 Å². The Morgan fingerprint density at radius 3 is 2.78 bits per heavy atom. The summed E-state index contributed by atoms with van der Waals surface area (Å²) < 4.78 is 7.01. The van der Waals surface area contributed by atoms with Gasteiger partial charge in [0.25, 0.3) is 0 Å². The Kier molecular flexibility index (Phi) is 5.18. The highest BCUT2D eigenvalue weighted by molar-refractivity contribution is 9.10. The van der Waals surface area contributed by atoms with Crippen LogP contribution in [0.25, 0.3) is 0 Å². The van der Waals surface area contributed by atoms with Gasteiger partial charge in [-0.25, -0.2) is 0 Å². The van der Waals surface area contributed by atoms with Crippen molar-refractivity contribution in [1.82, 2.24) is 10.2 Å². The third-order valence-corrected chi connectivity index (χ3v) is 4.01. The third kappa shape index (κ3) is 3.79. The number of benzene rings is 1. The summed E-state index contributed by atoms with van der Waals surface area (Å²) in [6.07, 6.45) is 1.28. The van der Waals surface area contributed by atoms with Crippen LogP contribution in [0.5, 0.6) is 0 Å². The molecule has 2 atom stereocenters. The lowest BCUT2D eigenvalue weighted by Crippen LogP contribution is -2.51. The van der Waals surface area contributed by atoms with Gasteiger partial charge in [-0.1, -0.05) is 28.1 Å². The molecule has 100 valence electrons. The van der Waals surface area contributed by atoms with Crippen LogP contribution >= 0.6 is 15.9 Å². The molecule has 0 spiro atoms. The monoisotopic (exact) mass is 312 g/mol. The molecule has 0 radical (unpaired) electrons. The van der Waals surface area contributed by atoms with Crippen LogP contribution in [0.2, 0.25) is 0 Å². The van der Waals surface area contributed by atoms with Crippen molar-refractivity contribution >= 4 is 15.9 Å². The van der Waals surface area contributed by atoms with Gasteiger partial charge in [-0.15, -0.1) is 0 Å². The van der Waals surface area contributed by atoms with E-state index in [9.17, 15) is 0 Å². The van der Waals surface area contributed by atoms with Gasteiger partial charge < -0.3 is 15.0 Å². The molecule has 0 amide bonds. The van der Waals surface area contributed by atoms with Gasteiger partial charge in [0, 0.05) is 23.6 Å². The smallest absolute Gasteiger partial charge is 0.0858 e. The van der Waals surface area contributed by atoms with Crippen LogP contribution in [0.15, 0.2) is 28.7 Å². The number of hydrogen-bond donors (Lipinski definition) is 1. The average Bonchev–Trinajstić information content (AvgIpc) is 2.38. The fraction of sp³-hybridized carbons (Fsp3) is 0.571. The highest BCUT2D eigenvalue weighted by atomic mass is 79.9. The molecule has 1 aromatic rings. The number of nitrogens with one attached hydrogen (secondary N) is 1. The maximum absolute atomic E-state index is 5.88. The SMILES string of the molecule is CNC(Cc1ccc(Br)cc1)C1CN(C)CCO1. The van der Waals surface area contributed by atoms with E-state index in [0.29, 0.717) is 6.04 Å². The normalized spacial score (nSPS) is 22.9. The molecule has 1 aliphatic heterocycles. The second kappa shape index (κ2) is 6.66. The van der Waals surface area contributed by atoms with E-state index in [1.165, 1.54) is 5.56 Å². The van der Waals surface area contributed by atoms with Crippen molar-refractivity contribution in [3.8, 4) is 0 Å². The number of rotatable bonds is 4. The first-order valence-electron chi connectivity index (χ1n) is 6.41. The lowest BCUT2D eigenvalue weighted by molar-refractivity contribution is -0.0372. The molecular formula is C14H21BrN2O. The van der Waals surface area contributed by atoms with E-state index in [2.05, 4.69) is 57.5 Å². The first-order chi connectivity index (χ1) is 8.69. The van der Waals surface area contributed by atoms with E-state index in [4.69, 9.17) is 4.74 Å². The van der Waals surface area contributed by atoms with E-state index in [1.54, 1.807) is 0 Å². The van der Waals surface area contributed by atoms with E-state index < -0.39 is 0 Å². The van der Waals surface area contributed by atoms with Gasteiger partial charge in [-0.2, -0.15) is 0 Å². The number of halogens is 1. The van der Waals surface area contributed by atoms with Gasteiger partial charge in [0.2, 0.25) is 0 Å². The molecule has 1 heterocycles. The van der Waals surface area contributed by atoms with Crippen LogP contribution in [-0.4, -0.2) is 50.8 Å². The predicted molar refractivity (Wildman–Crippen MR) is 77.9 cm³/mol. The van der Waals surface area contributed by atoms with E-state index in [1.807, 2.05) is 7.05 Å². The Morgan fingerprint density at radius 1 is 1.44 bits per heavy atom. The number of ether oxygens (including phenoxy) is 1. The zero-order valence-electron chi connectivity index (χ0n) is 11.0. The van der Waals surface area contributed by atoms with Crippen molar-refractivity contribution in [3.05, 3.63) is 34.3 Å². The summed E-state index contributed by atoms with van der Waals surface area (Å²) in [6.45, 7) is 2.87. The van der Waals surface area contributed by atoms with Crippen molar-refractivity contribution in [2.75, 3.05) is 33.8 Å². The largest absolute Gasteiger partial charge is 0.374 e. The maximum atomic E-state index is 5.88. The van der Waals surface area contributed by atoms with Gasteiger partial charge >= 0.3 is 0 Å². The molecule has 4 heteroatoms. The standard InChI is InChI=1S/C14H21BrN2O/c1-16-13(14-10-17(2)7-8-18-14)9-11-3-5-12(15)6-4-11/h3-6,13-14,16H,7-10H2,1-2H3. The second-order valence-corrected chi connectivity index (χ2v) is 5.81. The molecule has 0 saturated carbocycles. The summed E-state index contributed by atoms with van der Waals surface area (Å²) in [5.41, 5.74) is 1.34. The summed E-state index contributed by atoms with van der Waals surface area (Å²) >= 11 is 3.47. The third-order valence-electron chi connectivity index (χ3n) is 3.49. The fourth-order valence-corrected chi connectivity index (χ4v) is 2.61. The molecule has 1 fully saturated rings. The molecule has 18 heavy (non-hydrogen) atoms. The molecule has 1 aliphatic rings. The average molecular weight is 313 g/mol. The summed E-state index contributed by atoms with van der Waals surface area (Å²) in [6, 6.07) is 8.89. The van der Waals surface area contributed by atoms with Crippen molar-refractivity contribution in [2.24, 2.45) is 0 Å². The highest BCUT2D eigenvalue weighted by Crippen LogP contribution is 2.15. The van der Waals surface area contributed by atoms with Crippen molar-refractivity contribution < 1.29 is 4.74 Å². The Balaban J connectivity index is 1.98. The molecule has 0 bridgehead atoms. The second-order valence-electron chi connectivity index (χ2n) is 4.90. The first kappa shape index (κ1) is 14.0. The van der Waals surface area contributed by atoms with Gasteiger partial charge in [0.1, 0.15) is 0 Å². The summed E-state index contributed by atoms with van der Waals surface area (Å²) in [5, 5.41) is 3.39. The quantitative estimate of drug-likeness (QED) is 0.919. The Hall–Kier alpha value is -0.420. The van der Waals surface area contributed by atoms with Crippen LogP contribution in [-0.2, 0) is 11.2 Å². The molecule has 0 aromatic heterocycles. The summed E-state index contributed by atoms with van der Waals surface area (Å²) in [7, 11) is 4.17. The molecule has 2 unspecified atom stereocenters. The van der Waals surface area contributed by atoms with E-state index >= 15 is 0 Å².